The number of hydrogen-bond donors (Lipinski definition) is 1. The molecule has 5 heteroatoms. The molecule has 1 aliphatic heterocycles. The van der Waals surface area contributed by atoms with Crippen LogP contribution in [-0.2, 0) is 16.1 Å². The molecule has 1 saturated heterocycles. The fourth-order valence-corrected chi connectivity index (χ4v) is 2.21. The van der Waals surface area contributed by atoms with Crippen molar-refractivity contribution < 1.29 is 14.3 Å². The Labute approximate surface area is 119 Å². The number of nitrogens with one attached hydrogen (secondary N) is 1. The number of methoxy groups -OCH3 is 1. The molecule has 1 aliphatic rings. The summed E-state index contributed by atoms with van der Waals surface area (Å²) in [5.41, 5.74) is 1.06. The summed E-state index contributed by atoms with van der Waals surface area (Å²) in [7, 11) is 1.64. The Hall–Kier alpha value is -1.59. The van der Waals surface area contributed by atoms with E-state index in [9.17, 15) is 4.79 Å². The Morgan fingerprint density at radius 3 is 2.60 bits per heavy atom. The van der Waals surface area contributed by atoms with Crippen LogP contribution in [0.5, 0.6) is 5.75 Å². The maximum absolute atomic E-state index is 12.1. The fraction of sp³-hybridized carbons (Fsp3) is 0.533. The summed E-state index contributed by atoms with van der Waals surface area (Å²) >= 11 is 0. The first-order chi connectivity index (χ1) is 9.70. The second kappa shape index (κ2) is 7.26. The third-order valence-corrected chi connectivity index (χ3v) is 3.60. The maximum Gasteiger partial charge on any atom is 0.237 e. The van der Waals surface area contributed by atoms with E-state index in [2.05, 4.69) is 10.2 Å². The first kappa shape index (κ1) is 14.8. The van der Waals surface area contributed by atoms with Crippen LogP contribution < -0.4 is 10.1 Å². The van der Waals surface area contributed by atoms with Gasteiger partial charge in [0, 0.05) is 19.6 Å². The van der Waals surface area contributed by atoms with E-state index < -0.39 is 0 Å². The number of amides is 1. The number of hydrogen-bond acceptors (Lipinski definition) is 4. The van der Waals surface area contributed by atoms with E-state index in [1.807, 2.05) is 31.2 Å². The highest BCUT2D eigenvalue weighted by Gasteiger charge is 2.22. The molecule has 5 nitrogen and oxygen atoms in total. The molecule has 1 unspecified atom stereocenters. The highest BCUT2D eigenvalue weighted by atomic mass is 16.5. The maximum atomic E-state index is 12.1. The van der Waals surface area contributed by atoms with E-state index in [4.69, 9.17) is 9.47 Å². The summed E-state index contributed by atoms with van der Waals surface area (Å²) in [5, 5.41) is 2.97. The molecule has 0 aromatic heterocycles. The summed E-state index contributed by atoms with van der Waals surface area (Å²) in [6.07, 6.45) is 0. The molecular formula is C15H22N2O3. The summed E-state index contributed by atoms with van der Waals surface area (Å²) in [5.74, 6) is 0.879. The van der Waals surface area contributed by atoms with Crippen LogP contribution in [-0.4, -0.2) is 50.3 Å². The summed E-state index contributed by atoms with van der Waals surface area (Å²) in [4.78, 5) is 14.3. The van der Waals surface area contributed by atoms with Crippen molar-refractivity contribution in [2.45, 2.75) is 19.5 Å². The van der Waals surface area contributed by atoms with Gasteiger partial charge in [0.2, 0.25) is 5.91 Å². The van der Waals surface area contributed by atoms with Gasteiger partial charge in [-0.1, -0.05) is 12.1 Å². The molecule has 1 N–H and O–H groups in total. The first-order valence-corrected chi connectivity index (χ1v) is 6.93. The topological polar surface area (TPSA) is 50.8 Å². The second-order valence-corrected chi connectivity index (χ2v) is 4.89. The van der Waals surface area contributed by atoms with Crippen LogP contribution in [0.25, 0.3) is 0 Å². The molecule has 1 aromatic rings. The number of rotatable bonds is 5. The molecule has 0 aliphatic carbocycles. The smallest absolute Gasteiger partial charge is 0.237 e. The van der Waals surface area contributed by atoms with Crippen LogP contribution in [0.15, 0.2) is 24.3 Å². The van der Waals surface area contributed by atoms with Gasteiger partial charge in [0.05, 0.1) is 26.4 Å². The number of ether oxygens (including phenoxy) is 2. The lowest BCUT2D eigenvalue weighted by Gasteiger charge is -2.31. The molecule has 0 spiro atoms. The predicted octanol–water partition coefficient (Wildman–Crippen LogP) is 1.03. The van der Waals surface area contributed by atoms with Crippen molar-refractivity contribution in [2.75, 3.05) is 33.4 Å². The molecular weight excluding hydrogens is 256 g/mol. The Morgan fingerprint density at radius 1 is 1.35 bits per heavy atom. The van der Waals surface area contributed by atoms with Crippen molar-refractivity contribution in [3.05, 3.63) is 29.8 Å². The molecule has 2 rings (SSSR count). The van der Waals surface area contributed by atoms with E-state index in [0.29, 0.717) is 19.8 Å². The Bertz CT molecular complexity index is 427. The van der Waals surface area contributed by atoms with Gasteiger partial charge < -0.3 is 14.8 Å². The number of benzene rings is 1. The molecule has 0 bridgehead atoms. The van der Waals surface area contributed by atoms with Gasteiger partial charge in [0.1, 0.15) is 5.75 Å². The molecule has 1 fully saturated rings. The summed E-state index contributed by atoms with van der Waals surface area (Å²) < 4.78 is 10.4. The predicted molar refractivity (Wildman–Crippen MR) is 76.7 cm³/mol. The van der Waals surface area contributed by atoms with Crippen molar-refractivity contribution in [1.29, 1.82) is 0 Å². The van der Waals surface area contributed by atoms with Crippen LogP contribution >= 0.6 is 0 Å². The third kappa shape index (κ3) is 3.95. The Morgan fingerprint density at radius 2 is 2.00 bits per heavy atom. The van der Waals surface area contributed by atoms with Crippen molar-refractivity contribution in [3.63, 3.8) is 0 Å². The quantitative estimate of drug-likeness (QED) is 0.874. The van der Waals surface area contributed by atoms with E-state index in [-0.39, 0.29) is 11.9 Å². The van der Waals surface area contributed by atoms with Crippen LogP contribution in [0.3, 0.4) is 0 Å². The van der Waals surface area contributed by atoms with E-state index in [1.165, 1.54) is 0 Å². The van der Waals surface area contributed by atoms with Crippen LogP contribution in [0.4, 0.5) is 0 Å². The lowest BCUT2D eigenvalue weighted by molar-refractivity contribution is -0.127. The fourth-order valence-electron chi connectivity index (χ4n) is 2.21. The van der Waals surface area contributed by atoms with Gasteiger partial charge in [-0.2, -0.15) is 0 Å². The number of carbonyl (C=O) groups excluding carboxylic acids is 1. The largest absolute Gasteiger partial charge is 0.497 e. The second-order valence-electron chi connectivity index (χ2n) is 4.89. The van der Waals surface area contributed by atoms with E-state index in [0.717, 1.165) is 24.4 Å². The molecule has 0 radical (unpaired) electrons. The van der Waals surface area contributed by atoms with Crippen LogP contribution in [0.1, 0.15) is 12.5 Å². The highest BCUT2D eigenvalue weighted by Crippen LogP contribution is 2.11. The highest BCUT2D eigenvalue weighted by molar-refractivity contribution is 5.81. The van der Waals surface area contributed by atoms with Crippen LogP contribution in [0, 0.1) is 0 Å². The Kier molecular flexibility index (Phi) is 5.38. The number of carbonyl (C=O) groups is 1. The monoisotopic (exact) mass is 278 g/mol. The average Bonchev–Trinajstić information content (AvgIpc) is 2.53. The van der Waals surface area contributed by atoms with Gasteiger partial charge in [0.15, 0.2) is 0 Å². The number of nitrogens with zero attached hydrogens (tertiary/aromatic N) is 1. The molecule has 1 atom stereocenters. The molecule has 20 heavy (non-hydrogen) atoms. The standard InChI is InChI=1S/C15H22N2O3/c1-12(17-7-9-20-10-8-17)15(18)16-11-13-3-5-14(19-2)6-4-13/h3-6,12H,7-11H2,1-2H3,(H,16,18). The summed E-state index contributed by atoms with van der Waals surface area (Å²) in [6.45, 7) is 5.52. The lowest BCUT2D eigenvalue weighted by atomic mass is 10.2. The normalized spacial score (nSPS) is 17.5. The van der Waals surface area contributed by atoms with E-state index in [1.54, 1.807) is 7.11 Å². The van der Waals surface area contributed by atoms with Crippen LogP contribution in [0.2, 0.25) is 0 Å². The molecule has 1 heterocycles. The third-order valence-electron chi connectivity index (χ3n) is 3.60. The molecule has 0 saturated carbocycles. The van der Waals surface area contributed by atoms with Gasteiger partial charge in [-0.25, -0.2) is 0 Å². The van der Waals surface area contributed by atoms with Gasteiger partial charge in [0.25, 0.3) is 0 Å². The van der Waals surface area contributed by atoms with Gasteiger partial charge in [-0.05, 0) is 24.6 Å². The molecule has 1 aromatic carbocycles. The summed E-state index contributed by atoms with van der Waals surface area (Å²) in [6, 6.07) is 7.59. The minimum absolute atomic E-state index is 0.0581. The van der Waals surface area contributed by atoms with Gasteiger partial charge >= 0.3 is 0 Å². The average molecular weight is 278 g/mol. The van der Waals surface area contributed by atoms with E-state index >= 15 is 0 Å². The van der Waals surface area contributed by atoms with Crippen molar-refractivity contribution in [1.82, 2.24) is 10.2 Å². The first-order valence-electron chi connectivity index (χ1n) is 6.93. The lowest BCUT2D eigenvalue weighted by Crippen LogP contribution is -2.49. The van der Waals surface area contributed by atoms with Gasteiger partial charge in [-0.3, -0.25) is 9.69 Å². The Balaban J connectivity index is 1.81. The van der Waals surface area contributed by atoms with Gasteiger partial charge in [-0.15, -0.1) is 0 Å². The number of morpholine rings is 1. The minimum atomic E-state index is -0.114. The zero-order chi connectivity index (χ0) is 14.4. The minimum Gasteiger partial charge on any atom is -0.497 e. The van der Waals surface area contributed by atoms with Crippen molar-refractivity contribution in [2.24, 2.45) is 0 Å². The zero-order valence-electron chi connectivity index (χ0n) is 12.1. The van der Waals surface area contributed by atoms with Crippen molar-refractivity contribution in [3.8, 4) is 5.75 Å². The van der Waals surface area contributed by atoms with Crippen molar-refractivity contribution >= 4 is 5.91 Å². The SMILES string of the molecule is COc1ccc(CNC(=O)C(C)N2CCOCC2)cc1. The molecule has 110 valence electrons. The molecule has 1 amide bonds. The zero-order valence-corrected chi connectivity index (χ0v) is 12.1.